The van der Waals surface area contributed by atoms with E-state index in [9.17, 15) is 9.59 Å². The molecule has 0 aromatic heterocycles. The summed E-state index contributed by atoms with van der Waals surface area (Å²) >= 11 is 0. The van der Waals surface area contributed by atoms with Crippen molar-refractivity contribution in [3.8, 4) is 22.3 Å². The highest BCUT2D eigenvalue weighted by molar-refractivity contribution is 6.03. The molecule has 30 heavy (non-hydrogen) atoms. The summed E-state index contributed by atoms with van der Waals surface area (Å²) in [6.07, 6.45) is 0. The van der Waals surface area contributed by atoms with Crippen LogP contribution in [0.15, 0.2) is 109 Å². The van der Waals surface area contributed by atoms with Crippen LogP contribution in [0.25, 0.3) is 22.3 Å². The lowest BCUT2D eigenvalue weighted by atomic mass is 9.99. The fourth-order valence-corrected chi connectivity index (χ4v) is 3.27. The number of carbonyl (C=O) groups excluding carboxylic acids is 2. The predicted octanol–water partition coefficient (Wildman–Crippen LogP) is 5.10. The lowest BCUT2D eigenvalue weighted by Gasteiger charge is -2.12. The summed E-state index contributed by atoms with van der Waals surface area (Å²) in [5.74, 6) is -0.750. The SMILES string of the molecule is O=C(NNC(=O)c1ccccc1-c1ccccc1)c1cccc(-c2ccccc2)c1. The first-order valence-electron chi connectivity index (χ1n) is 9.63. The predicted molar refractivity (Wildman–Crippen MR) is 119 cm³/mol. The van der Waals surface area contributed by atoms with Crippen LogP contribution in [-0.4, -0.2) is 11.8 Å². The number of rotatable bonds is 4. The van der Waals surface area contributed by atoms with Gasteiger partial charge in [0.1, 0.15) is 0 Å². The third-order valence-electron chi connectivity index (χ3n) is 4.78. The minimum Gasteiger partial charge on any atom is -0.267 e. The van der Waals surface area contributed by atoms with E-state index in [2.05, 4.69) is 10.9 Å². The maximum atomic E-state index is 12.7. The van der Waals surface area contributed by atoms with Crippen LogP contribution in [0.5, 0.6) is 0 Å². The summed E-state index contributed by atoms with van der Waals surface area (Å²) in [6, 6.07) is 34.1. The van der Waals surface area contributed by atoms with Gasteiger partial charge in [-0.2, -0.15) is 0 Å². The van der Waals surface area contributed by atoms with Crippen LogP contribution in [-0.2, 0) is 0 Å². The molecule has 2 N–H and O–H groups in total. The Morgan fingerprint density at radius 2 is 1.07 bits per heavy atom. The molecule has 0 aliphatic rings. The number of benzene rings is 4. The van der Waals surface area contributed by atoms with Gasteiger partial charge in [-0.3, -0.25) is 20.4 Å². The molecule has 0 unspecified atom stereocenters. The van der Waals surface area contributed by atoms with Gasteiger partial charge in [-0.15, -0.1) is 0 Å². The van der Waals surface area contributed by atoms with Gasteiger partial charge in [0.2, 0.25) is 0 Å². The van der Waals surface area contributed by atoms with Crippen LogP contribution >= 0.6 is 0 Å². The molecule has 0 spiro atoms. The molecule has 0 bridgehead atoms. The molecule has 0 fully saturated rings. The van der Waals surface area contributed by atoms with E-state index in [0.29, 0.717) is 11.1 Å². The van der Waals surface area contributed by atoms with Crippen molar-refractivity contribution in [2.24, 2.45) is 0 Å². The maximum Gasteiger partial charge on any atom is 0.270 e. The summed E-state index contributed by atoms with van der Waals surface area (Å²) in [5.41, 5.74) is 9.69. The van der Waals surface area contributed by atoms with E-state index in [-0.39, 0.29) is 11.8 Å². The Morgan fingerprint density at radius 1 is 0.500 bits per heavy atom. The minimum atomic E-state index is -0.377. The molecule has 4 aromatic rings. The quantitative estimate of drug-likeness (QED) is 0.475. The maximum absolute atomic E-state index is 12.7. The number of hydrogen-bond donors (Lipinski definition) is 2. The topological polar surface area (TPSA) is 58.2 Å². The average Bonchev–Trinajstić information content (AvgIpc) is 2.83. The molecular formula is C26H20N2O2. The van der Waals surface area contributed by atoms with Gasteiger partial charge in [0, 0.05) is 11.1 Å². The average molecular weight is 392 g/mol. The first-order valence-corrected chi connectivity index (χ1v) is 9.63. The van der Waals surface area contributed by atoms with Gasteiger partial charge >= 0.3 is 0 Å². The van der Waals surface area contributed by atoms with Crippen LogP contribution in [0.3, 0.4) is 0 Å². The molecule has 4 heteroatoms. The Balaban J connectivity index is 1.49. The summed E-state index contributed by atoms with van der Waals surface area (Å²) in [5, 5.41) is 0. The van der Waals surface area contributed by atoms with Crippen molar-refractivity contribution in [2.45, 2.75) is 0 Å². The Labute approximate surface area is 175 Å². The standard InChI is InChI=1S/C26H20N2O2/c29-25(22-15-9-14-21(18-22)19-10-3-1-4-11-19)27-28-26(30)24-17-8-7-16-23(24)20-12-5-2-6-13-20/h1-18H,(H,27,29)(H,28,30). The van der Waals surface area contributed by atoms with Crippen molar-refractivity contribution in [3.63, 3.8) is 0 Å². The number of carbonyl (C=O) groups is 2. The highest BCUT2D eigenvalue weighted by Crippen LogP contribution is 2.23. The van der Waals surface area contributed by atoms with Gasteiger partial charge in [0.15, 0.2) is 0 Å². The molecular weight excluding hydrogens is 372 g/mol. The van der Waals surface area contributed by atoms with Gasteiger partial charge in [-0.05, 0) is 40.5 Å². The molecule has 146 valence electrons. The number of hydrazine groups is 1. The summed E-state index contributed by atoms with van der Waals surface area (Å²) in [7, 11) is 0. The van der Waals surface area contributed by atoms with E-state index in [1.54, 1.807) is 24.3 Å². The van der Waals surface area contributed by atoms with E-state index < -0.39 is 0 Å². The first-order chi connectivity index (χ1) is 14.7. The van der Waals surface area contributed by atoms with Gasteiger partial charge < -0.3 is 0 Å². The number of amides is 2. The summed E-state index contributed by atoms with van der Waals surface area (Å²) < 4.78 is 0. The van der Waals surface area contributed by atoms with Crippen LogP contribution in [0.4, 0.5) is 0 Å². The van der Waals surface area contributed by atoms with Gasteiger partial charge in [-0.1, -0.05) is 91.0 Å². The van der Waals surface area contributed by atoms with E-state index in [0.717, 1.165) is 22.3 Å². The fraction of sp³-hybridized carbons (Fsp3) is 0. The normalized spacial score (nSPS) is 10.3. The van der Waals surface area contributed by atoms with Crippen LogP contribution in [0.2, 0.25) is 0 Å². The number of nitrogens with one attached hydrogen (secondary N) is 2. The molecule has 4 aromatic carbocycles. The Bertz CT molecular complexity index is 1170. The number of hydrogen-bond acceptors (Lipinski definition) is 2. The fourth-order valence-electron chi connectivity index (χ4n) is 3.27. The Kier molecular flexibility index (Phi) is 5.67. The van der Waals surface area contributed by atoms with Gasteiger partial charge in [0.05, 0.1) is 0 Å². The zero-order valence-corrected chi connectivity index (χ0v) is 16.2. The molecule has 0 heterocycles. The molecule has 4 rings (SSSR count). The molecule has 0 saturated carbocycles. The summed E-state index contributed by atoms with van der Waals surface area (Å²) in [6.45, 7) is 0. The van der Waals surface area contributed by atoms with Crippen LogP contribution in [0, 0.1) is 0 Å². The molecule has 2 amide bonds. The van der Waals surface area contributed by atoms with Gasteiger partial charge in [-0.25, -0.2) is 0 Å². The van der Waals surface area contributed by atoms with Crippen molar-refractivity contribution in [2.75, 3.05) is 0 Å². The molecule has 0 saturated heterocycles. The lowest BCUT2D eigenvalue weighted by Crippen LogP contribution is -2.41. The zero-order valence-electron chi connectivity index (χ0n) is 16.2. The smallest absolute Gasteiger partial charge is 0.267 e. The Morgan fingerprint density at radius 3 is 1.80 bits per heavy atom. The largest absolute Gasteiger partial charge is 0.270 e. The molecule has 0 aliphatic heterocycles. The van der Waals surface area contributed by atoms with Crippen molar-refractivity contribution < 1.29 is 9.59 Å². The van der Waals surface area contributed by atoms with Crippen LogP contribution < -0.4 is 10.9 Å². The van der Waals surface area contributed by atoms with Crippen LogP contribution in [0.1, 0.15) is 20.7 Å². The van der Waals surface area contributed by atoms with Gasteiger partial charge in [0.25, 0.3) is 11.8 Å². The second-order valence-electron chi connectivity index (χ2n) is 6.77. The van der Waals surface area contributed by atoms with Crippen molar-refractivity contribution in [1.29, 1.82) is 0 Å². The third kappa shape index (κ3) is 4.28. The Hall–Kier alpha value is -4.18. The van der Waals surface area contributed by atoms with E-state index >= 15 is 0 Å². The van der Waals surface area contributed by atoms with Crippen molar-refractivity contribution in [3.05, 3.63) is 120 Å². The highest BCUT2D eigenvalue weighted by Gasteiger charge is 2.14. The molecule has 0 aliphatic carbocycles. The zero-order chi connectivity index (χ0) is 20.8. The minimum absolute atomic E-state index is 0.373. The highest BCUT2D eigenvalue weighted by atomic mass is 16.2. The van der Waals surface area contributed by atoms with E-state index in [4.69, 9.17) is 0 Å². The molecule has 0 radical (unpaired) electrons. The first kappa shape index (κ1) is 19.2. The van der Waals surface area contributed by atoms with Crippen molar-refractivity contribution >= 4 is 11.8 Å². The van der Waals surface area contributed by atoms with Crippen molar-refractivity contribution in [1.82, 2.24) is 10.9 Å². The van der Waals surface area contributed by atoms with E-state index in [1.807, 2.05) is 84.9 Å². The summed E-state index contributed by atoms with van der Waals surface area (Å²) in [4.78, 5) is 25.3. The molecule has 4 nitrogen and oxygen atoms in total. The van der Waals surface area contributed by atoms with E-state index in [1.165, 1.54) is 0 Å². The monoisotopic (exact) mass is 392 g/mol. The third-order valence-corrected chi connectivity index (χ3v) is 4.78. The molecule has 0 atom stereocenters. The lowest BCUT2D eigenvalue weighted by molar-refractivity contribution is 0.0847. The second kappa shape index (κ2) is 8.88. The second-order valence-corrected chi connectivity index (χ2v) is 6.77.